The molecule has 1 heterocycles. The van der Waals surface area contributed by atoms with Crippen molar-refractivity contribution in [1.29, 1.82) is 0 Å². The van der Waals surface area contributed by atoms with Crippen molar-refractivity contribution >= 4 is 23.2 Å². The topological polar surface area (TPSA) is 171 Å². The van der Waals surface area contributed by atoms with Gasteiger partial charge in [-0.25, -0.2) is 4.98 Å². The molecule has 2 fully saturated rings. The molecule has 9 heteroatoms. The minimum Gasteiger partial charge on any atom is -0.507 e. The average Bonchev–Trinajstić information content (AvgIpc) is 2.81. The van der Waals surface area contributed by atoms with Crippen molar-refractivity contribution < 1.29 is 34.8 Å². The number of phenolic OH excluding ortho intramolecular Hbond substituents is 1. The molecular formula is C26H22N2O7. The van der Waals surface area contributed by atoms with E-state index in [1.54, 1.807) is 30.5 Å². The maximum atomic E-state index is 13.5. The zero-order valence-electron chi connectivity index (χ0n) is 18.4. The van der Waals surface area contributed by atoms with E-state index in [-0.39, 0.29) is 36.1 Å². The molecule has 5 atom stereocenters. The van der Waals surface area contributed by atoms with Crippen molar-refractivity contribution in [2.24, 2.45) is 23.5 Å². The lowest BCUT2D eigenvalue weighted by Crippen LogP contribution is -2.66. The van der Waals surface area contributed by atoms with Gasteiger partial charge >= 0.3 is 0 Å². The Labute approximate surface area is 199 Å². The van der Waals surface area contributed by atoms with Gasteiger partial charge in [0.2, 0.25) is 11.7 Å². The highest BCUT2D eigenvalue weighted by atomic mass is 16.3. The minimum atomic E-state index is -2.59. The van der Waals surface area contributed by atoms with Crippen LogP contribution in [-0.4, -0.2) is 54.6 Å². The van der Waals surface area contributed by atoms with E-state index < -0.39 is 52.7 Å². The molecule has 0 saturated heterocycles. The Kier molecular flexibility index (Phi) is 5.24. The van der Waals surface area contributed by atoms with Crippen LogP contribution in [0.4, 0.5) is 0 Å². The molecule has 1 amide bonds. The van der Waals surface area contributed by atoms with Crippen LogP contribution >= 0.6 is 0 Å². The fraction of sp³-hybridized carbons (Fsp3) is 0.308. The van der Waals surface area contributed by atoms with Gasteiger partial charge in [-0.2, -0.15) is 0 Å². The Morgan fingerprint density at radius 1 is 1.11 bits per heavy atom. The number of aliphatic hydroxyl groups is 3. The minimum absolute atomic E-state index is 0.00853. The zero-order chi connectivity index (χ0) is 25.1. The third-order valence-electron chi connectivity index (χ3n) is 7.26. The van der Waals surface area contributed by atoms with Gasteiger partial charge in [0.15, 0.2) is 11.4 Å². The number of Topliss-reactive ketones (excluding diaryl/α,β-unsaturated/α-hetero) is 2. The first-order chi connectivity index (χ1) is 16.6. The normalized spacial score (nSPS) is 29.4. The maximum Gasteiger partial charge on any atom is 0.230 e. The first kappa shape index (κ1) is 22.8. The highest BCUT2D eigenvalue weighted by molar-refractivity contribution is 6.24. The number of rotatable bonds is 1. The molecule has 1 aromatic heterocycles. The number of hydrogen-bond donors (Lipinski definition) is 5. The van der Waals surface area contributed by atoms with Crippen molar-refractivity contribution in [2.45, 2.75) is 31.0 Å². The van der Waals surface area contributed by atoms with E-state index in [4.69, 9.17) is 5.73 Å². The Bertz CT molecular complexity index is 1370. The summed E-state index contributed by atoms with van der Waals surface area (Å²) >= 11 is 0. The van der Waals surface area contributed by atoms with Gasteiger partial charge in [-0.15, -0.1) is 0 Å². The Morgan fingerprint density at radius 2 is 1.89 bits per heavy atom. The Morgan fingerprint density at radius 3 is 2.57 bits per heavy atom. The molecule has 0 bridgehead atoms. The number of ketones is 2. The van der Waals surface area contributed by atoms with Crippen molar-refractivity contribution in [3.05, 3.63) is 64.5 Å². The van der Waals surface area contributed by atoms with Gasteiger partial charge in [0, 0.05) is 23.3 Å². The van der Waals surface area contributed by atoms with E-state index in [9.17, 15) is 34.8 Å². The van der Waals surface area contributed by atoms with Crippen LogP contribution in [0.3, 0.4) is 0 Å². The van der Waals surface area contributed by atoms with E-state index in [1.807, 2.05) is 0 Å². The monoisotopic (exact) mass is 474 g/mol. The molecule has 5 rings (SSSR count). The van der Waals surface area contributed by atoms with E-state index in [0.717, 1.165) is 0 Å². The lowest BCUT2D eigenvalue weighted by Gasteiger charge is -2.48. The number of carbonyl (C=O) groups is 3. The number of carbonyl (C=O) groups excluding carboxylic acids is 3. The number of nitrogens with two attached hydrogens (primary N) is 1. The number of hydrogen-bond acceptors (Lipinski definition) is 8. The van der Waals surface area contributed by atoms with Crippen molar-refractivity contribution in [3.63, 3.8) is 0 Å². The summed E-state index contributed by atoms with van der Waals surface area (Å²) in [5.41, 5.74) is 4.05. The number of aromatic hydroxyl groups is 1. The Hall–Kier alpha value is -4.00. The number of aromatic nitrogens is 1. The molecule has 3 aliphatic rings. The molecule has 2 aromatic rings. The van der Waals surface area contributed by atoms with E-state index in [0.29, 0.717) is 16.8 Å². The van der Waals surface area contributed by atoms with Gasteiger partial charge in [0.05, 0.1) is 11.7 Å². The van der Waals surface area contributed by atoms with Crippen molar-refractivity contribution in [3.8, 4) is 17.6 Å². The van der Waals surface area contributed by atoms with Crippen LogP contribution in [0.2, 0.25) is 0 Å². The Balaban J connectivity index is 1.62. The summed E-state index contributed by atoms with van der Waals surface area (Å²) in [5, 5.41) is 43.2. The molecule has 9 nitrogen and oxygen atoms in total. The summed E-state index contributed by atoms with van der Waals surface area (Å²) in [5.74, 6) is -1.50. The number of benzene rings is 1. The summed E-state index contributed by atoms with van der Waals surface area (Å²) < 4.78 is 0. The largest absolute Gasteiger partial charge is 0.507 e. The molecule has 178 valence electrons. The number of aliphatic hydroxyl groups excluding tert-OH is 2. The summed E-state index contributed by atoms with van der Waals surface area (Å²) in [6.07, 6.45) is 0.312. The van der Waals surface area contributed by atoms with Gasteiger partial charge in [0.1, 0.15) is 23.1 Å². The van der Waals surface area contributed by atoms with E-state index in [2.05, 4.69) is 16.8 Å². The number of pyridine rings is 1. The molecule has 0 radical (unpaired) electrons. The quantitative estimate of drug-likeness (QED) is 0.292. The van der Waals surface area contributed by atoms with Crippen LogP contribution in [0.5, 0.6) is 5.75 Å². The van der Waals surface area contributed by atoms with Crippen LogP contribution in [0.15, 0.2) is 42.1 Å². The fourth-order valence-corrected chi connectivity index (χ4v) is 5.61. The third-order valence-corrected chi connectivity index (χ3v) is 7.26. The van der Waals surface area contributed by atoms with Gasteiger partial charge in [-0.3, -0.25) is 14.4 Å². The van der Waals surface area contributed by atoms with Crippen molar-refractivity contribution in [1.82, 2.24) is 4.98 Å². The molecule has 2 saturated carbocycles. The third kappa shape index (κ3) is 3.33. The lowest BCUT2D eigenvalue weighted by atomic mass is 9.56. The van der Waals surface area contributed by atoms with Crippen LogP contribution in [-0.2, 0) is 20.8 Å². The summed E-state index contributed by atoms with van der Waals surface area (Å²) in [6, 6.07) is 8.24. The molecular weight excluding hydrogens is 452 g/mol. The SMILES string of the molecule is NC(=O)C1C(=O)[C@@]2(O)C(=O)C3=C(O)c4c(O)ccc(C#Cc5ccccn5)c4C[C@H]3C[C@H]2CC1O. The predicted molar refractivity (Wildman–Crippen MR) is 121 cm³/mol. The molecule has 3 aliphatic carbocycles. The number of fused-ring (bicyclic) bond motifs is 3. The number of nitrogens with zero attached hydrogens (tertiary/aromatic N) is 1. The van der Waals surface area contributed by atoms with Crippen LogP contribution in [0.1, 0.15) is 35.2 Å². The van der Waals surface area contributed by atoms with Gasteiger partial charge < -0.3 is 26.2 Å². The second-order valence-electron chi connectivity index (χ2n) is 9.19. The molecule has 2 unspecified atom stereocenters. The second kappa shape index (κ2) is 8.05. The van der Waals surface area contributed by atoms with Crippen LogP contribution in [0, 0.1) is 29.6 Å². The van der Waals surface area contributed by atoms with Gasteiger partial charge in [0.25, 0.3) is 0 Å². The smallest absolute Gasteiger partial charge is 0.230 e. The van der Waals surface area contributed by atoms with E-state index >= 15 is 0 Å². The molecule has 1 aromatic carbocycles. The maximum absolute atomic E-state index is 13.5. The van der Waals surface area contributed by atoms with Crippen LogP contribution in [0.25, 0.3) is 5.76 Å². The standard InChI is InChI=1S/C26H22N2O7/c27-25(34)21-18(30)11-14-9-13-10-16-12(4-6-15-3-1-2-8-28-15)5-7-17(29)20(16)22(31)19(13)23(32)26(14,35)24(21)33/h1-3,5,7-8,13-14,18,21,29-31,35H,9-11H2,(H2,27,34)/t13-,14+,18?,21?,26+/m1/s1. The number of amides is 1. The van der Waals surface area contributed by atoms with Crippen LogP contribution < -0.4 is 5.73 Å². The zero-order valence-corrected chi connectivity index (χ0v) is 18.4. The second-order valence-corrected chi connectivity index (χ2v) is 9.19. The predicted octanol–water partition coefficient (Wildman–Crippen LogP) is 0.384. The van der Waals surface area contributed by atoms with Crippen molar-refractivity contribution in [2.75, 3.05) is 0 Å². The first-order valence-electron chi connectivity index (χ1n) is 11.1. The summed E-state index contributed by atoms with van der Waals surface area (Å²) in [7, 11) is 0. The molecule has 0 spiro atoms. The molecule has 35 heavy (non-hydrogen) atoms. The molecule has 0 aliphatic heterocycles. The van der Waals surface area contributed by atoms with Gasteiger partial charge in [-0.1, -0.05) is 12.0 Å². The van der Waals surface area contributed by atoms with Gasteiger partial charge in [-0.05, 0) is 60.9 Å². The first-order valence-corrected chi connectivity index (χ1v) is 11.1. The highest BCUT2D eigenvalue weighted by Crippen LogP contribution is 2.51. The summed E-state index contributed by atoms with van der Waals surface area (Å²) in [6.45, 7) is 0. The summed E-state index contributed by atoms with van der Waals surface area (Å²) in [4.78, 5) is 42.4. The number of phenols is 1. The van der Waals surface area contributed by atoms with E-state index in [1.165, 1.54) is 6.07 Å². The lowest BCUT2D eigenvalue weighted by molar-refractivity contribution is -0.174. The fourth-order valence-electron chi connectivity index (χ4n) is 5.61. The number of primary amides is 1. The average molecular weight is 474 g/mol. The molecule has 6 N–H and O–H groups in total. The highest BCUT2D eigenvalue weighted by Gasteiger charge is 2.63.